The minimum atomic E-state index is -3.57. The summed E-state index contributed by atoms with van der Waals surface area (Å²) in [6.07, 6.45) is 0. The van der Waals surface area contributed by atoms with Gasteiger partial charge in [-0.15, -0.1) is 0 Å². The van der Waals surface area contributed by atoms with Gasteiger partial charge >= 0.3 is 0 Å². The maximum atomic E-state index is 12.8. The molecule has 1 saturated heterocycles. The summed E-state index contributed by atoms with van der Waals surface area (Å²) in [6, 6.07) is 13.9. The monoisotopic (exact) mass is 407 g/mol. The Labute approximate surface area is 165 Å². The predicted molar refractivity (Wildman–Crippen MR) is 107 cm³/mol. The van der Waals surface area contributed by atoms with Crippen molar-refractivity contribution in [3.63, 3.8) is 0 Å². The highest BCUT2D eigenvalue weighted by atomic mass is 35.5. The fraction of sp³-hybridized carbons (Fsp3) is 0.316. The van der Waals surface area contributed by atoms with Crippen LogP contribution in [0.15, 0.2) is 53.4 Å². The first-order valence-corrected chi connectivity index (χ1v) is 10.4. The van der Waals surface area contributed by atoms with E-state index in [1.807, 2.05) is 24.3 Å². The lowest BCUT2D eigenvalue weighted by Crippen LogP contribution is -2.48. The lowest BCUT2D eigenvalue weighted by Gasteiger charge is -2.36. The van der Waals surface area contributed by atoms with Crippen LogP contribution in [-0.2, 0) is 10.0 Å². The fourth-order valence-corrected chi connectivity index (χ4v) is 4.16. The number of carbonyl (C=O) groups excluding carboxylic acids is 1. The number of halogens is 1. The minimum absolute atomic E-state index is 0.121. The molecule has 0 aromatic heterocycles. The van der Waals surface area contributed by atoms with Gasteiger partial charge in [-0.1, -0.05) is 23.7 Å². The number of piperazine rings is 1. The number of amides is 1. The van der Waals surface area contributed by atoms with Crippen molar-refractivity contribution in [1.82, 2.24) is 9.21 Å². The molecule has 1 aliphatic rings. The van der Waals surface area contributed by atoms with Crippen LogP contribution in [-0.4, -0.2) is 63.8 Å². The topological polar surface area (TPSA) is 60.9 Å². The summed E-state index contributed by atoms with van der Waals surface area (Å²) >= 11 is 6.05. The van der Waals surface area contributed by atoms with E-state index in [0.717, 1.165) is 9.99 Å². The Morgan fingerprint density at radius 1 is 1.00 bits per heavy atom. The Morgan fingerprint density at radius 2 is 1.67 bits per heavy atom. The van der Waals surface area contributed by atoms with Crippen molar-refractivity contribution in [3.05, 3.63) is 59.1 Å². The third-order valence-corrected chi connectivity index (χ3v) is 6.65. The van der Waals surface area contributed by atoms with E-state index in [-0.39, 0.29) is 10.8 Å². The molecule has 0 aliphatic carbocycles. The van der Waals surface area contributed by atoms with Crippen molar-refractivity contribution in [3.8, 4) is 0 Å². The number of sulfonamides is 1. The highest BCUT2D eigenvalue weighted by Crippen LogP contribution is 2.22. The molecule has 144 valence electrons. The van der Waals surface area contributed by atoms with E-state index in [2.05, 4.69) is 4.90 Å². The largest absolute Gasteiger partial charge is 0.368 e. The van der Waals surface area contributed by atoms with Crippen LogP contribution in [0.3, 0.4) is 0 Å². The molecule has 0 N–H and O–H groups in total. The lowest BCUT2D eigenvalue weighted by atomic mass is 10.1. The summed E-state index contributed by atoms with van der Waals surface area (Å²) in [5.74, 6) is -0.156. The van der Waals surface area contributed by atoms with Crippen LogP contribution < -0.4 is 4.90 Å². The normalized spacial score (nSPS) is 15.3. The summed E-state index contributed by atoms with van der Waals surface area (Å²) in [5, 5.41) is 0.685. The first-order chi connectivity index (χ1) is 12.8. The molecule has 0 saturated carbocycles. The molecule has 0 spiro atoms. The fourth-order valence-electron chi connectivity index (χ4n) is 3.02. The zero-order chi connectivity index (χ0) is 19.6. The molecule has 2 aromatic carbocycles. The van der Waals surface area contributed by atoms with Crippen LogP contribution in [0.25, 0.3) is 0 Å². The molecule has 2 aromatic rings. The summed E-state index contributed by atoms with van der Waals surface area (Å²) in [4.78, 5) is 16.9. The van der Waals surface area contributed by atoms with Gasteiger partial charge in [0, 0.05) is 56.5 Å². The summed E-state index contributed by atoms with van der Waals surface area (Å²) in [6.45, 7) is 2.52. The van der Waals surface area contributed by atoms with E-state index in [0.29, 0.717) is 36.8 Å². The number of hydrogen-bond donors (Lipinski definition) is 0. The number of hydrogen-bond acceptors (Lipinski definition) is 4. The van der Waals surface area contributed by atoms with E-state index >= 15 is 0 Å². The van der Waals surface area contributed by atoms with Gasteiger partial charge in [0.2, 0.25) is 10.0 Å². The number of rotatable bonds is 4. The Hall–Kier alpha value is -2.09. The average Bonchev–Trinajstić information content (AvgIpc) is 2.67. The highest BCUT2D eigenvalue weighted by molar-refractivity contribution is 7.89. The van der Waals surface area contributed by atoms with Gasteiger partial charge in [-0.05, 0) is 36.4 Å². The van der Waals surface area contributed by atoms with Gasteiger partial charge in [-0.25, -0.2) is 12.7 Å². The number of nitrogens with zero attached hydrogens (tertiary/aromatic N) is 3. The van der Waals surface area contributed by atoms with Crippen molar-refractivity contribution >= 4 is 33.2 Å². The van der Waals surface area contributed by atoms with Crippen LogP contribution in [0.2, 0.25) is 5.02 Å². The lowest BCUT2D eigenvalue weighted by molar-refractivity contribution is 0.0746. The van der Waals surface area contributed by atoms with Crippen molar-refractivity contribution in [2.24, 2.45) is 0 Å². The Balaban J connectivity index is 1.71. The minimum Gasteiger partial charge on any atom is -0.368 e. The van der Waals surface area contributed by atoms with E-state index < -0.39 is 10.0 Å². The molecular formula is C19H22ClN3O3S. The van der Waals surface area contributed by atoms with Gasteiger partial charge < -0.3 is 9.80 Å². The maximum absolute atomic E-state index is 12.8. The molecular weight excluding hydrogens is 386 g/mol. The molecule has 0 atom stereocenters. The third-order valence-electron chi connectivity index (χ3n) is 4.60. The number of anilines is 1. The molecule has 1 fully saturated rings. The summed E-state index contributed by atoms with van der Waals surface area (Å²) in [7, 11) is -0.628. The second-order valence-electron chi connectivity index (χ2n) is 6.57. The molecule has 27 heavy (non-hydrogen) atoms. The predicted octanol–water partition coefficient (Wildman–Crippen LogP) is 2.55. The van der Waals surface area contributed by atoms with Gasteiger partial charge in [0.15, 0.2) is 0 Å². The molecule has 0 bridgehead atoms. The van der Waals surface area contributed by atoms with Gasteiger partial charge in [0.05, 0.1) is 4.90 Å². The van der Waals surface area contributed by atoms with Crippen molar-refractivity contribution < 1.29 is 13.2 Å². The highest BCUT2D eigenvalue weighted by Gasteiger charge is 2.24. The molecule has 1 heterocycles. The third kappa shape index (κ3) is 4.26. The van der Waals surface area contributed by atoms with Crippen LogP contribution >= 0.6 is 11.6 Å². The van der Waals surface area contributed by atoms with Gasteiger partial charge in [0.25, 0.3) is 5.91 Å². The van der Waals surface area contributed by atoms with E-state index in [1.165, 1.54) is 26.2 Å². The average molecular weight is 408 g/mol. The Morgan fingerprint density at radius 3 is 2.30 bits per heavy atom. The van der Waals surface area contributed by atoms with Gasteiger partial charge in [-0.3, -0.25) is 4.79 Å². The van der Waals surface area contributed by atoms with E-state index in [9.17, 15) is 13.2 Å². The standard InChI is InChI=1S/C19H22ClN3O3S/c1-21(2)27(25,26)18-8-3-5-15(13-18)19(24)23-11-9-22(10-12-23)17-7-4-6-16(20)14-17/h3-8,13-14H,9-12H2,1-2H3. The van der Waals surface area contributed by atoms with Crippen molar-refractivity contribution in [2.45, 2.75) is 4.90 Å². The SMILES string of the molecule is CN(C)S(=O)(=O)c1cccc(C(=O)N2CCN(c3cccc(Cl)c3)CC2)c1. The van der Waals surface area contributed by atoms with Gasteiger partial charge in [0.1, 0.15) is 0 Å². The first-order valence-electron chi connectivity index (χ1n) is 8.61. The number of carbonyl (C=O) groups is 1. The van der Waals surface area contributed by atoms with Gasteiger partial charge in [-0.2, -0.15) is 0 Å². The van der Waals surface area contributed by atoms with Crippen LogP contribution in [0.4, 0.5) is 5.69 Å². The molecule has 8 heteroatoms. The molecule has 1 aliphatic heterocycles. The second-order valence-corrected chi connectivity index (χ2v) is 9.16. The molecule has 6 nitrogen and oxygen atoms in total. The number of benzene rings is 2. The molecule has 0 unspecified atom stereocenters. The van der Waals surface area contributed by atoms with Crippen molar-refractivity contribution in [2.75, 3.05) is 45.2 Å². The zero-order valence-electron chi connectivity index (χ0n) is 15.3. The van der Waals surface area contributed by atoms with E-state index in [1.54, 1.807) is 17.0 Å². The van der Waals surface area contributed by atoms with Crippen LogP contribution in [0.5, 0.6) is 0 Å². The quantitative estimate of drug-likeness (QED) is 0.781. The summed E-state index contributed by atoms with van der Waals surface area (Å²) in [5.41, 5.74) is 1.42. The summed E-state index contributed by atoms with van der Waals surface area (Å²) < 4.78 is 25.7. The van der Waals surface area contributed by atoms with E-state index in [4.69, 9.17) is 11.6 Å². The Kier molecular flexibility index (Phi) is 5.74. The zero-order valence-corrected chi connectivity index (χ0v) is 16.9. The smallest absolute Gasteiger partial charge is 0.254 e. The van der Waals surface area contributed by atoms with Crippen LogP contribution in [0, 0.1) is 0 Å². The Bertz CT molecular complexity index is 939. The second kappa shape index (κ2) is 7.88. The molecule has 0 radical (unpaired) electrons. The maximum Gasteiger partial charge on any atom is 0.254 e. The molecule has 1 amide bonds. The molecule has 3 rings (SSSR count). The first kappa shape index (κ1) is 19.7. The van der Waals surface area contributed by atoms with Crippen molar-refractivity contribution in [1.29, 1.82) is 0 Å². The van der Waals surface area contributed by atoms with Crippen LogP contribution in [0.1, 0.15) is 10.4 Å².